The molecule has 3 rings (SSSR count). The molecule has 0 amide bonds. The van der Waals surface area contributed by atoms with Crippen molar-refractivity contribution < 1.29 is 4.74 Å². The van der Waals surface area contributed by atoms with E-state index in [1.807, 2.05) is 11.3 Å². The molecule has 0 aromatic carbocycles. The summed E-state index contributed by atoms with van der Waals surface area (Å²) in [5, 5.41) is 5.94. The lowest BCUT2D eigenvalue weighted by atomic mass is 9.82. The van der Waals surface area contributed by atoms with Gasteiger partial charge in [0.05, 0.1) is 12.2 Å². The maximum atomic E-state index is 6.05. The fourth-order valence-electron chi connectivity index (χ4n) is 3.48. The summed E-state index contributed by atoms with van der Waals surface area (Å²) in [5.41, 5.74) is 0. The fourth-order valence-corrected chi connectivity index (χ4v) is 5.05. The summed E-state index contributed by atoms with van der Waals surface area (Å²) < 4.78 is 7.32. The van der Waals surface area contributed by atoms with Crippen molar-refractivity contribution in [3.63, 3.8) is 0 Å². The molecule has 0 spiro atoms. The molecule has 4 heteroatoms. The van der Waals surface area contributed by atoms with Crippen LogP contribution in [0.25, 0.3) is 0 Å². The lowest BCUT2D eigenvalue weighted by molar-refractivity contribution is 0.0857. The first-order chi connectivity index (χ1) is 9.28. The van der Waals surface area contributed by atoms with E-state index >= 15 is 0 Å². The van der Waals surface area contributed by atoms with Crippen molar-refractivity contribution in [3.05, 3.63) is 20.8 Å². The predicted octanol–water partition coefficient (Wildman–Crippen LogP) is 3.99. The van der Waals surface area contributed by atoms with Gasteiger partial charge in [-0.05, 0) is 66.0 Å². The molecule has 0 saturated carbocycles. The van der Waals surface area contributed by atoms with E-state index < -0.39 is 0 Å². The molecule has 0 radical (unpaired) electrons. The van der Waals surface area contributed by atoms with Gasteiger partial charge in [-0.2, -0.15) is 0 Å². The molecule has 4 atom stereocenters. The fraction of sp³-hybridized carbons (Fsp3) is 0.733. The van der Waals surface area contributed by atoms with Crippen LogP contribution < -0.4 is 5.32 Å². The number of nitrogens with one attached hydrogen (secondary N) is 1. The van der Waals surface area contributed by atoms with E-state index in [2.05, 4.69) is 39.6 Å². The van der Waals surface area contributed by atoms with E-state index in [0.717, 1.165) is 13.0 Å². The van der Waals surface area contributed by atoms with Crippen molar-refractivity contribution in [2.24, 2.45) is 5.92 Å². The van der Waals surface area contributed by atoms with Crippen LogP contribution in [0.1, 0.15) is 37.5 Å². The zero-order chi connectivity index (χ0) is 13.2. The van der Waals surface area contributed by atoms with Crippen molar-refractivity contribution in [2.75, 3.05) is 6.54 Å². The Bertz CT molecular complexity index is 422. The van der Waals surface area contributed by atoms with Gasteiger partial charge in [-0.25, -0.2) is 0 Å². The van der Waals surface area contributed by atoms with Crippen LogP contribution in [0.5, 0.6) is 0 Å². The van der Waals surface area contributed by atoms with Crippen molar-refractivity contribution >= 4 is 27.3 Å². The summed E-state index contributed by atoms with van der Waals surface area (Å²) in [5.74, 6) is 0.708. The normalized spacial score (nSPS) is 30.9. The number of rotatable bonds is 6. The minimum absolute atomic E-state index is 0.512. The monoisotopic (exact) mass is 343 g/mol. The summed E-state index contributed by atoms with van der Waals surface area (Å²) in [6.45, 7) is 3.35. The Morgan fingerprint density at radius 1 is 1.53 bits per heavy atom. The second-order valence-electron chi connectivity index (χ2n) is 5.73. The Balaban J connectivity index is 1.68. The molecule has 2 fully saturated rings. The highest BCUT2D eigenvalue weighted by Crippen LogP contribution is 2.41. The van der Waals surface area contributed by atoms with Crippen molar-refractivity contribution in [2.45, 2.75) is 57.3 Å². The molecular formula is C15H22BrNOS. The van der Waals surface area contributed by atoms with E-state index in [0.29, 0.717) is 24.2 Å². The summed E-state index contributed by atoms with van der Waals surface area (Å²) >= 11 is 5.53. The molecular weight excluding hydrogens is 322 g/mol. The average Bonchev–Trinajstić information content (AvgIpc) is 3.11. The third kappa shape index (κ3) is 3.07. The van der Waals surface area contributed by atoms with E-state index in [-0.39, 0.29) is 0 Å². The Hall–Kier alpha value is 0.1000. The Morgan fingerprint density at radius 3 is 3.00 bits per heavy atom. The highest BCUT2D eigenvalue weighted by atomic mass is 79.9. The van der Waals surface area contributed by atoms with Crippen molar-refractivity contribution in [3.8, 4) is 0 Å². The molecule has 2 bridgehead atoms. The first kappa shape index (κ1) is 14.1. The SMILES string of the molecule is CCCNC(Cc1sccc1Br)C1CC2CCC1O2. The molecule has 2 nitrogen and oxygen atoms in total. The standard InChI is InChI=1S/C15H22BrNOS/c1-2-6-17-13(9-15-12(16)5-7-19-15)11-8-10-3-4-14(11)18-10/h5,7,10-11,13-14,17H,2-4,6,8-9H2,1H3. The summed E-state index contributed by atoms with van der Waals surface area (Å²) in [7, 11) is 0. The Morgan fingerprint density at radius 2 is 2.42 bits per heavy atom. The number of hydrogen-bond donors (Lipinski definition) is 1. The van der Waals surface area contributed by atoms with Crippen LogP contribution in [0.15, 0.2) is 15.9 Å². The second-order valence-corrected chi connectivity index (χ2v) is 7.58. The number of halogens is 1. The topological polar surface area (TPSA) is 21.3 Å². The van der Waals surface area contributed by atoms with Crippen molar-refractivity contribution in [1.82, 2.24) is 5.32 Å². The van der Waals surface area contributed by atoms with Crippen molar-refractivity contribution in [1.29, 1.82) is 0 Å². The highest BCUT2D eigenvalue weighted by molar-refractivity contribution is 9.10. The third-order valence-corrected chi connectivity index (χ3v) is 6.37. The van der Waals surface area contributed by atoms with Crippen LogP contribution in [-0.2, 0) is 11.2 Å². The first-order valence-corrected chi connectivity index (χ1v) is 9.06. The van der Waals surface area contributed by atoms with Crippen LogP contribution in [0.2, 0.25) is 0 Å². The molecule has 4 unspecified atom stereocenters. The number of fused-ring (bicyclic) bond motifs is 2. The molecule has 1 aromatic rings. The van der Waals surface area contributed by atoms with E-state index in [4.69, 9.17) is 4.74 Å². The molecule has 2 aliphatic rings. The average molecular weight is 344 g/mol. The van der Waals surface area contributed by atoms with E-state index in [1.54, 1.807) is 0 Å². The van der Waals surface area contributed by atoms with Gasteiger partial charge in [-0.1, -0.05) is 6.92 Å². The van der Waals surface area contributed by atoms with Crippen LogP contribution in [0.4, 0.5) is 0 Å². The summed E-state index contributed by atoms with van der Waals surface area (Å²) in [4.78, 5) is 1.47. The van der Waals surface area contributed by atoms with Crippen LogP contribution in [0.3, 0.4) is 0 Å². The Labute approximate surface area is 128 Å². The molecule has 2 saturated heterocycles. The second kappa shape index (κ2) is 6.25. The van der Waals surface area contributed by atoms with Gasteiger partial charge in [0.2, 0.25) is 0 Å². The maximum absolute atomic E-state index is 6.05. The lowest BCUT2D eigenvalue weighted by Gasteiger charge is -2.29. The minimum atomic E-state index is 0.512. The number of hydrogen-bond acceptors (Lipinski definition) is 3. The zero-order valence-electron chi connectivity index (χ0n) is 11.4. The van der Waals surface area contributed by atoms with Gasteiger partial charge in [0.1, 0.15) is 0 Å². The molecule has 1 N–H and O–H groups in total. The molecule has 19 heavy (non-hydrogen) atoms. The molecule has 106 valence electrons. The van der Waals surface area contributed by atoms with Crippen LogP contribution >= 0.6 is 27.3 Å². The third-order valence-electron chi connectivity index (χ3n) is 4.42. The molecule has 2 aliphatic heterocycles. The Kier molecular flexibility index (Phi) is 4.62. The predicted molar refractivity (Wildman–Crippen MR) is 83.8 cm³/mol. The van der Waals surface area contributed by atoms with Gasteiger partial charge < -0.3 is 10.1 Å². The molecule has 0 aliphatic carbocycles. The zero-order valence-corrected chi connectivity index (χ0v) is 13.8. The minimum Gasteiger partial charge on any atom is -0.375 e. The van der Waals surface area contributed by atoms with Gasteiger partial charge in [0.15, 0.2) is 0 Å². The van der Waals surface area contributed by atoms with Gasteiger partial charge in [-0.15, -0.1) is 11.3 Å². The first-order valence-electron chi connectivity index (χ1n) is 7.38. The van der Waals surface area contributed by atoms with Crippen LogP contribution in [0, 0.1) is 5.92 Å². The summed E-state index contributed by atoms with van der Waals surface area (Å²) in [6, 6.07) is 2.74. The van der Waals surface area contributed by atoms with Gasteiger partial charge in [0, 0.05) is 21.3 Å². The molecule has 3 heterocycles. The number of ether oxygens (including phenoxy) is 1. The van der Waals surface area contributed by atoms with E-state index in [1.165, 1.54) is 35.0 Å². The molecule has 1 aromatic heterocycles. The van der Waals surface area contributed by atoms with Gasteiger partial charge in [-0.3, -0.25) is 0 Å². The lowest BCUT2D eigenvalue weighted by Crippen LogP contribution is -2.42. The smallest absolute Gasteiger partial charge is 0.0623 e. The van der Waals surface area contributed by atoms with E-state index in [9.17, 15) is 0 Å². The maximum Gasteiger partial charge on any atom is 0.0623 e. The van der Waals surface area contributed by atoms with Gasteiger partial charge in [0.25, 0.3) is 0 Å². The number of thiophene rings is 1. The highest BCUT2D eigenvalue weighted by Gasteiger charge is 2.44. The largest absolute Gasteiger partial charge is 0.375 e. The summed E-state index contributed by atoms with van der Waals surface area (Å²) in [6.07, 6.45) is 7.20. The quantitative estimate of drug-likeness (QED) is 0.843. The van der Waals surface area contributed by atoms with Crippen LogP contribution in [-0.4, -0.2) is 24.8 Å². The van der Waals surface area contributed by atoms with Gasteiger partial charge >= 0.3 is 0 Å².